The molecule has 0 bridgehead atoms. The van der Waals surface area contributed by atoms with Crippen LogP contribution in [-0.4, -0.2) is 30.9 Å². The molecule has 0 saturated carbocycles. The first-order valence-electron chi connectivity index (χ1n) is 5.37. The topological polar surface area (TPSA) is 101 Å². The molecule has 2 rings (SSSR count). The fourth-order valence-electron chi connectivity index (χ4n) is 1.82. The summed E-state index contributed by atoms with van der Waals surface area (Å²) in [5.41, 5.74) is -0.144. The number of aliphatic carboxylic acids is 1. The molecule has 0 unspecified atom stereocenters. The number of nitrogens with one attached hydrogen (secondary N) is 1. The number of nitrogens with zero attached hydrogens (tertiary/aromatic N) is 3. The Morgan fingerprint density at radius 3 is 2.58 bits per heavy atom. The van der Waals surface area contributed by atoms with Gasteiger partial charge >= 0.3 is 22.4 Å². The van der Waals surface area contributed by atoms with Crippen molar-refractivity contribution in [2.24, 2.45) is 21.1 Å². The van der Waals surface area contributed by atoms with Crippen LogP contribution < -0.4 is 15.8 Å². The number of thioether (sulfide) groups is 1. The highest BCUT2D eigenvalue weighted by atomic mass is 32.2. The minimum absolute atomic E-state index is 0.130. The Morgan fingerprint density at radius 2 is 2.00 bits per heavy atom. The molecule has 8 nitrogen and oxygen atoms in total. The van der Waals surface area contributed by atoms with Gasteiger partial charge in [0.05, 0.1) is 7.05 Å². The van der Waals surface area contributed by atoms with E-state index >= 15 is 0 Å². The summed E-state index contributed by atoms with van der Waals surface area (Å²) >= 11 is 1.05. The predicted molar refractivity (Wildman–Crippen MR) is 68.3 cm³/mol. The van der Waals surface area contributed by atoms with Gasteiger partial charge in [-0.1, -0.05) is 0 Å². The third kappa shape index (κ3) is 2.05. The van der Waals surface area contributed by atoms with Crippen LogP contribution in [0.5, 0.6) is 0 Å². The van der Waals surface area contributed by atoms with E-state index in [0.29, 0.717) is 16.3 Å². The average Bonchev–Trinajstić information content (AvgIpc) is 2.69. The van der Waals surface area contributed by atoms with Crippen molar-refractivity contribution >= 4 is 28.9 Å². The lowest BCUT2D eigenvalue weighted by Crippen LogP contribution is -2.42. The van der Waals surface area contributed by atoms with Gasteiger partial charge in [0.2, 0.25) is 0 Å². The summed E-state index contributed by atoms with van der Waals surface area (Å²) in [5.74, 6) is -1.08. The van der Waals surface area contributed by atoms with Gasteiger partial charge in [-0.15, -0.1) is 0 Å². The van der Waals surface area contributed by atoms with Gasteiger partial charge in [0.15, 0.2) is 0 Å². The summed E-state index contributed by atoms with van der Waals surface area (Å²) in [6, 6.07) is 0. The second-order valence-electron chi connectivity index (χ2n) is 4.07. The summed E-state index contributed by atoms with van der Waals surface area (Å²) in [6.45, 7) is 0. The molecule has 0 aromatic carbocycles. The van der Waals surface area contributed by atoms with Gasteiger partial charge in [-0.2, -0.15) is 0 Å². The molecule has 9 heteroatoms. The Labute approximate surface area is 111 Å². The van der Waals surface area contributed by atoms with Crippen molar-refractivity contribution in [1.82, 2.24) is 14.1 Å². The lowest BCUT2D eigenvalue weighted by atomic mass is 10.5. The highest BCUT2D eigenvalue weighted by Crippen LogP contribution is 2.13. The van der Waals surface area contributed by atoms with E-state index in [9.17, 15) is 14.4 Å². The van der Waals surface area contributed by atoms with Gasteiger partial charge in [-0.3, -0.25) is 18.7 Å². The van der Waals surface area contributed by atoms with Crippen molar-refractivity contribution in [2.45, 2.75) is 5.16 Å². The smallest absolute Gasteiger partial charge is 0.333 e. The fraction of sp³-hybridized carbons (Fsp3) is 0.400. The van der Waals surface area contributed by atoms with Crippen LogP contribution in [0.4, 0.5) is 0 Å². The van der Waals surface area contributed by atoms with Crippen molar-refractivity contribution in [3.05, 3.63) is 20.8 Å². The third-order valence-corrected chi connectivity index (χ3v) is 3.88. The zero-order valence-electron chi connectivity index (χ0n) is 10.6. The second kappa shape index (κ2) is 4.57. The van der Waals surface area contributed by atoms with E-state index < -0.39 is 17.2 Å². The Bertz CT molecular complexity index is 785. The molecule has 0 radical (unpaired) electrons. The van der Waals surface area contributed by atoms with Crippen LogP contribution in [0.2, 0.25) is 0 Å². The minimum atomic E-state index is -0.953. The Balaban J connectivity index is 2.74. The number of hydrogen-bond donors (Lipinski definition) is 2. The summed E-state index contributed by atoms with van der Waals surface area (Å²) < 4.78 is 3.90. The number of imidazole rings is 1. The lowest BCUT2D eigenvalue weighted by Gasteiger charge is -1.99. The summed E-state index contributed by atoms with van der Waals surface area (Å²) in [4.78, 5) is 37.3. The molecule has 0 aliphatic rings. The van der Waals surface area contributed by atoms with E-state index in [4.69, 9.17) is 5.11 Å². The van der Waals surface area contributed by atoms with Gasteiger partial charge in [0, 0.05) is 14.1 Å². The molecule has 0 saturated heterocycles. The molecule has 2 aromatic rings. The van der Waals surface area contributed by atoms with Crippen LogP contribution in [0.1, 0.15) is 0 Å². The van der Waals surface area contributed by atoms with Gasteiger partial charge in [-0.05, 0) is 11.8 Å². The number of rotatable bonds is 3. The molecule has 102 valence electrons. The molecule has 0 aliphatic carbocycles. The molecule has 0 atom stereocenters. The van der Waals surface area contributed by atoms with Gasteiger partial charge in [0.1, 0.15) is 5.75 Å². The summed E-state index contributed by atoms with van der Waals surface area (Å²) in [7, 11) is 4.60. The monoisotopic (exact) mass is 285 g/mol. The van der Waals surface area contributed by atoms with E-state index in [0.717, 1.165) is 16.3 Å². The van der Waals surface area contributed by atoms with Crippen molar-refractivity contribution in [3.8, 4) is 0 Å². The molecule has 0 aliphatic heterocycles. The maximum Gasteiger partial charge on any atom is 0.333 e. The summed E-state index contributed by atoms with van der Waals surface area (Å²) in [6.07, 6.45) is 0. The quantitative estimate of drug-likeness (QED) is 0.532. The van der Waals surface area contributed by atoms with E-state index in [1.807, 2.05) is 0 Å². The normalized spacial score (nSPS) is 11.1. The number of carboxylic acid groups (broad SMARTS) is 1. The van der Waals surface area contributed by atoms with Crippen molar-refractivity contribution in [2.75, 3.05) is 5.75 Å². The molecule has 0 spiro atoms. The zero-order chi connectivity index (χ0) is 14.3. The zero-order valence-corrected chi connectivity index (χ0v) is 11.4. The molecule has 19 heavy (non-hydrogen) atoms. The highest BCUT2D eigenvalue weighted by molar-refractivity contribution is 7.99. The standard InChI is InChI=1S/C10H12N4O4S/c1-12-6-7(11-9(12)19-4-5(15)16)13(2)10(18)14(3)8(6)17/h4H2,1-3H3,(H,15,16)/p+1. The molecule has 0 amide bonds. The molecule has 2 N–H and O–H groups in total. The SMILES string of the molecule is Cn1c(=O)c2c([nH]c(SCC(=O)O)[n+]2C)n(C)c1=O. The predicted octanol–water partition coefficient (Wildman–Crippen LogP) is -1.43. The number of aryl methyl sites for hydroxylation is 2. The average molecular weight is 285 g/mol. The number of carbonyl (C=O) groups is 1. The van der Waals surface area contributed by atoms with Gasteiger partial charge in [-0.25, -0.2) is 14.3 Å². The fourth-order valence-corrected chi connectivity index (χ4v) is 2.54. The summed E-state index contributed by atoms with van der Waals surface area (Å²) in [5, 5.41) is 9.18. The maximum absolute atomic E-state index is 12.1. The number of H-pyrrole nitrogens is 1. The molecular formula is C10H13N4O4S+. The largest absolute Gasteiger partial charge is 0.481 e. The number of aromatic amines is 1. The van der Waals surface area contributed by atoms with Gasteiger partial charge < -0.3 is 5.11 Å². The van der Waals surface area contributed by atoms with Crippen molar-refractivity contribution in [3.63, 3.8) is 0 Å². The van der Waals surface area contributed by atoms with Crippen LogP contribution in [0.3, 0.4) is 0 Å². The first kappa shape index (κ1) is 13.4. The molecular weight excluding hydrogens is 272 g/mol. The van der Waals surface area contributed by atoms with Crippen LogP contribution in [-0.2, 0) is 25.9 Å². The number of aromatic nitrogens is 4. The Morgan fingerprint density at radius 1 is 1.37 bits per heavy atom. The Kier molecular flexibility index (Phi) is 3.23. The minimum Gasteiger partial charge on any atom is -0.481 e. The van der Waals surface area contributed by atoms with Crippen molar-refractivity contribution < 1.29 is 14.5 Å². The highest BCUT2D eigenvalue weighted by Gasteiger charge is 2.24. The molecule has 2 aromatic heterocycles. The number of carboxylic acids is 1. The molecule has 2 heterocycles. The maximum atomic E-state index is 12.1. The van der Waals surface area contributed by atoms with Crippen LogP contribution in [0.25, 0.3) is 11.2 Å². The van der Waals surface area contributed by atoms with Crippen LogP contribution in [0.15, 0.2) is 14.7 Å². The van der Waals surface area contributed by atoms with Gasteiger partial charge in [0.25, 0.3) is 11.2 Å². The molecule has 0 fully saturated rings. The van der Waals surface area contributed by atoms with E-state index in [1.165, 1.54) is 11.6 Å². The van der Waals surface area contributed by atoms with E-state index in [1.54, 1.807) is 18.7 Å². The third-order valence-electron chi connectivity index (χ3n) is 2.84. The van der Waals surface area contributed by atoms with Crippen molar-refractivity contribution in [1.29, 1.82) is 0 Å². The van der Waals surface area contributed by atoms with Crippen LogP contribution in [0, 0.1) is 0 Å². The second-order valence-corrected chi connectivity index (χ2v) is 5.04. The van der Waals surface area contributed by atoms with E-state index in [2.05, 4.69) is 4.98 Å². The Hall–Kier alpha value is -2.03. The van der Waals surface area contributed by atoms with E-state index in [-0.39, 0.29) is 5.75 Å². The lowest BCUT2D eigenvalue weighted by molar-refractivity contribution is -0.684. The first-order valence-corrected chi connectivity index (χ1v) is 6.35. The van der Waals surface area contributed by atoms with Crippen LogP contribution >= 0.6 is 11.8 Å². The number of hydrogen-bond acceptors (Lipinski definition) is 4. The first-order chi connectivity index (χ1) is 8.84. The number of fused-ring (bicyclic) bond motifs is 1.